The highest BCUT2D eigenvalue weighted by molar-refractivity contribution is 8.00. The SMILES string of the molecule is O=C(CSc1ccncc1)N1CC[C@H](c2cccs2)S(=O)(=O)CC1. The fraction of sp³-hybridized carbons (Fsp3) is 0.375. The van der Waals surface area contributed by atoms with Gasteiger partial charge in [0.2, 0.25) is 5.91 Å². The van der Waals surface area contributed by atoms with Crippen molar-refractivity contribution in [1.29, 1.82) is 0 Å². The van der Waals surface area contributed by atoms with Crippen LogP contribution < -0.4 is 0 Å². The first-order valence-corrected chi connectivity index (χ1v) is 11.2. The summed E-state index contributed by atoms with van der Waals surface area (Å²) in [4.78, 5) is 19.9. The number of sulfone groups is 1. The highest BCUT2D eigenvalue weighted by Crippen LogP contribution is 2.32. The van der Waals surface area contributed by atoms with Gasteiger partial charge in [-0.1, -0.05) is 6.07 Å². The molecule has 0 bridgehead atoms. The Kier molecular flexibility index (Phi) is 5.57. The lowest BCUT2D eigenvalue weighted by Gasteiger charge is -2.19. The number of rotatable bonds is 4. The van der Waals surface area contributed by atoms with Crippen LogP contribution in [-0.2, 0) is 14.6 Å². The Bertz CT molecular complexity index is 776. The van der Waals surface area contributed by atoms with Crippen LogP contribution in [0.15, 0.2) is 46.9 Å². The molecule has 0 aromatic carbocycles. The lowest BCUT2D eigenvalue weighted by Crippen LogP contribution is -2.34. The number of amides is 1. The highest BCUT2D eigenvalue weighted by Gasteiger charge is 2.33. The molecular formula is C16H18N2O3S3. The van der Waals surface area contributed by atoms with Crippen molar-refractivity contribution in [2.75, 3.05) is 24.6 Å². The maximum absolute atomic E-state index is 12.5. The molecule has 1 atom stereocenters. The zero-order valence-corrected chi connectivity index (χ0v) is 15.4. The van der Waals surface area contributed by atoms with Crippen molar-refractivity contribution in [3.63, 3.8) is 0 Å². The van der Waals surface area contributed by atoms with E-state index in [9.17, 15) is 13.2 Å². The van der Waals surface area contributed by atoms with Gasteiger partial charge in [0, 0.05) is 35.3 Å². The smallest absolute Gasteiger partial charge is 0.232 e. The summed E-state index contributed by atoms with van der Waals surface area (Å²) in [6.45, 7) is 0.761. The second-order valence-corrected chi connectivity index (χ2v) is 9.84. The first-order chi connectivity index (χ1) is 11.6. The molecular weight excluding hydrogens is 364 g/mol. The molecule has 2 aromatic rings. The number of hydrogen-bond acceptors (Lipinski definition) is 6. The van der Waals surface area contributed by atoms with E-state index in [1.54, 1.807) is 17.3 Å². The molecule has 1 fully saturated rings. The Morgan fingerprint density at radius 2 is 2.08 bits per heavy atom. The molecule has 3 rings (SSSR count). The quantitative estimate of drug-likeness (QED) is 0.761. The van der Waals surface area contributed by atoms with Gasteiger partial charge in [-0.3, -0.25) is 9.78 Å². The van der Waals surface area contributed by atoms with Crippen LogP contribution in [0.3, 0.4) is 0 Å². The van der Waals surface area contributed by atoms with Crippen molar-refractivity contribution in [1.82, 2.24) is 9.88 Å². The van der Waals surface area contributed by atoms with Crippen molar-refractivity contribution < 1.29 is 13.2 Å². The molecule has 0 saturated carbocycles. The minimum atomic E-state index is -3.22. The van der Waals surface area contributed by atoms with E-state index in [2.05, 4.69) is 4.98 Å². The number of pyridine rings is 1. The molecule has 24 heavy (non-hydrogen) atoms. The predicted molar refractivity (Wildman–Crippen MR) is 97.0 cm³/mol. The second kappa shape index (κ2) is 7.67. The molecule has 0 unspecified atom stereocenters. The lowest BCUT2D eigenvalue weighted by atomic mass is 10.2. The molecule has 8 heteroatoms. The topological polar surface area (TPSA) is 67.3 Å². The van der Waals surface area contributed by atoms with Gasteiger partial charge < -0.3 is 4.90 Å². The number of aromatic nitrogens is 1. The first-order valence-electron chi connectivity index (χ1n) is 7.62. The molecule has 2 aromatic heterocycles. The summed E-state index contributed by atoms with van der Waals surface area (Å²) in [7, 11) is -3.22. The van der Waals surface area contributed by atoms with E-state index in [4.69, 9.17) is 0 Å². The average Bonchev–Trinajstić information content (AvgIpc) is 3.05. The number of thioether (sulfide) groups is 1. The summed E-state index contributed by atoms with van der Waals surface area (Å²) in [5.74, 6) is 0.327. The predicted octanol–water partition coefficient (Wildman–Crippen LogP) is 2.62. The number of carbonyl (C=O) groups is 1. The van der Waals surface area contributed by atoms with E-state index < -0.39 is 15.1 Å². The molecule has 0 N–H and O–H groups in total. The van der Waals surface area contributed by atoms with E-state index in [0.29, 0.717) is 18.7 Å². The van der Waals surface area contributed by atoms with Crippen LogP contribution in [0, 0.1) is 0 Å². The van der Waals surface area contributed by atoms with Crippen LogP contribution in [-0.4, -0.2) is 48.8 Å². The zero-order chi connectivity index (χ0) is 17.0. The van der Waals surface area contributed by atoms with Crippen LogP contribution in [0.5, 0.6) is 0 Å². The van der Waals surface area contributed by atoms with Gasteiger partial charge in [0.25, 0.3) is 0 Å². The Balaban J connectivity index is 1.63. The molecule has 0 aliphatic carbocycles. The number of nitrogens with zero attached hydrogens (tertiary/aromatic N) is 2. The van der Waals surface area contributed by atoms with E-state index >= 15 is 0 Å². The van der Waals surface area contributed by atoms with Crippen molar-refractivity contribution in [3.05, 3.63) is 46.9 Å². The Morgan fingerprint density at radius 1 is 1.29 bits per heavy atom. The fourth-order valence-electron chi connectivity index (χ4n) is 2.66. The minimum absolute atomic E-state index is 0.0150. The third kappa shape index (κ3) is 4.17. The standard InChI is InChI=1S/C16H18N2O3S3/c19-16(12-23-13-3-6-17-7-4-13)18-8-5-15(14-2-1-10-22-14)24(20,21)11-9-18/h1-4,6-7,10,15H,5,8-9,11-12H2/t15-/m1/s1. The molecule has 1 aliphatic rings. The fourth-order valence-corrected chi connectivity index (χ4v) is 6.45. The molecule has 5 nitrogen and oxygen atoms in total. The minimum Gasteiger partial charge on any atom is -0.341 e. The Morgan fingerprint density at radius 3 is 2.79 bits per heavy atom. The molecule has 1 saturated heterocycles. The van der Waals surface area contributed by atoms with Crippen molar-refractivity contribution >= 4 is 38.8 Å². The summed E-state index contributed by atoms with van der Waals surface area (Å²) in [5.41, 5.74) is 0. The number of thiophene rings is 1. The first kappa shape index (κ1) is 17.4. The Labute approximate surface area is 150 Å². The summed E-state index contributed by atoms with van der Waals surface area (Å²) in [5, 5.41) is 1.41. The largest absolute Gasteiger partial charge is 0.341 e. The normalized spacial score (nSPS) is 20.5. The molecule has 0 radical (unpaired) electrons. The van der Waals surface area contributed by atoms with Crippen molar-refractivity contribution in [3.8, 4) is 0 Å². The van der Waals surface area contributed by atoms with Gasteiger partial charge in [-0.15, -0.1) is 23.1 Å². The highest BCUT2D eigenvalue weighted by atomic mass is 32.2. The van der Waals surface area contributed by atoms with Gasteiger partial charge in [-0.25, -0.2) is 8.42 Å². The third-order valence-electron chi connectivity index (χ3n) is 3.97. The van der Waals surface area contributed by atoms with Gasteiger partial charge in [-0.2, -0.15) is 0 Å². The van der Waals surface area contributed by atoms with Crippen molar-refractivity contribution in [2.24, 2.45) is 0 Å². The van der Waals surface area contributed by atoms with Crippen LogP contribution >= 0.6 is 23.1 Å². The second-order valence-electron chi connectivity index (χ2n) is 5.51. The number of hydrogen-bond donors (Lipinski definition) is 0. The van der Waals surface area contributed by atoms with Crippen LogP contribution in [0.25, 0.3) is 0 Å². The van der Waals surface area contributed by atoms with Gasteiger partial charge >= 0.3 is 0 Å². The third-order valence-corrected chi connectivity index (χ3v) is 8.21. The summed E-state index contributed by atoms with van der Waals surface area (Å²) in [6, 6.07) is 7.45. The zero-order valence-electron chi connectivity index (χ0n) is 13.0. The monoisotopic (exact) mass is 382 g/mol. The maximum atomic E-state index is 12.5. The van der Waals surface area contributed by atoms with Crippen LogP contribution in [0.2, 0.25) is 0 Å². The maximum Gasteiger partial charge on any atom is 0.232 e. The van der Waals surface area contributed by atoms with E-state index in [-0.39, 0.29) is 18.2 Å². The van der Waals surface area contributed by atoms with Gasteiger partial charge in [-0.05, 0) is 30.0 Å². The number of carbonyl (C=O) groups excluding carboxylic acids is 1. The Hall–Kier alpha value is -1.38. The van der Waals surface area contributed by atoms with E-state index in [1.165, 1.54) is 23.1 Å². The summed E-state index contributed by atoms with van der Waals surface area (Å²) in [6.07, 6.45) is 3.85. The summed E-state index contributed by atoms with van der Waals surface area (Å²) < 4.78 is 25.0. The molecule has 0 spiro atoms. The van der Waals surface area contributed by atoms with Gasteiger partial charge in [0.05, 0.1) is 16.8 Å². The van der Waals surface area contributed by atoms with Crippen LogP contribution in [0.1, 0.15) is 16.5 Å². The van der Waals surface area contributed by atoms with E-state index in [0.717, 1.165) is 9.77 Å². The van der Waals surface area contributed by atoms with Crippen molar-refractivity contribution in [2.45, 2.75) is 16.6 Å². The van der Waals surface area contributed by atoms with E-state index in [1.807, 2.05) is 29.6 Å². The van der Waals surface area contributed by atoms with Gasteiger partial charge in [0.15, 0.2) is 9.84 Å². The van der Waals surface area contributed by atoms with Crippen LogP contribution in [0.4, 0.5) is 0 Å². The summed E-state index contributed by atoms with van der Waals surface area (Å²) >= 11 is 2.91. The molecule has 3 heterocycles. The average molecular weight is 383 g/mol. The molecule has 1 aliphatic heterocycles. The molecule has 128 valence electrons. The lowest BCUT2D eigenvalue weighted by molar-refractivity contribution is -0.128. The van der Waals surface area contributed by atoms with Gasteiger partial charge in [0.1, 0.15) is 0 Å². The molecule has 1 amide bonds.